The Labute approximate surface area is 176 Å². The van der Waals surface area contributed by atoms with Crippen molar-refractivity contribution in [1.29, 1.82) is 0 Å². The number of nitrogens with one attached hydrogen (secondary N) is 1. The molecule has 7 nitrogen and oxygen atoms in total. The number of carbonyl (C=O) groups excluding carboxylic acids is 1. The molecule has 0 bridgehead atoms. The van der Waals surface area contributed by atoms with Crippen molar-refractivity contribution in [3.05, 3.63) is 39.2 Å². The molecule has 0 saturated carbocycles. The summed E-state index contributed by atoms with van der Waals surface area (Å²) in [5.41, 5.74) is 0.804. The molecule has 11 heteroatoms. The molecule has 1 atom stereocenters. The second kappa shape index (κ2) is 8.89. The van der Waals surface area contributed by atoms with Gasteiger partial charge in [-0.25, -0.2) is 19.2 Å². The summed E-state index contributed by atoms with van der Waals surface area (Å²) in [7, 11) is 1.49. The van der Waals surface area contributed by atoms with Crippen LogP contribution in [0, 0.1) is 5.82 Å². The number of fused-ring (bicyclic) bond motifs is 1. The van der Waals surface area contributed by atoms with Crippen molar-refractivity contribution in [1.82, 2.24) is 9.97 Å². The van der Waals surface area contributed by atoms with Gasteiger partial charge in [-0.05, 0) is 28.9 Å². The third-order valence-corrected chi connectivity index (χ3v) is 5.27. The predicted octanol–water partition coefficient (Wildman–Crippen LogP) is 5.27. The molecule has 0 saturated heterocycles. The van der Waals surface area contributed by atoms with E-state index in [1.165, 1.54) is 30.7 Å². The number of benzene rings is 1. The van der Waals surface area contributed by atoms with E-state index < -0.39 is 18.0 Å². The molecule has 0 fully saturated rings. The first kappa shape index (κ1) is 20.6. The van der Waals surface area contributed by atoms with E-state index in [9.17, 15) is 9.18 Å². The summed E-state index contributed by atoms with van der Waals surface area (Å²) in [4.78, 5) is 20.0. The highest BCUT2D eigenvalue weighted by Crippen LogP contribution is 2.37. The maximum Gasteiger partial charge on any atom is 0.411 e. The van der Waals surface area contributed by atoms with Gasteiger partial charge in [0.2, 0.25) is 5.88 Å². The number of pyridine rings is 1. The Kier molecular flexibility index (Phi) is 6.53. The van der Waals surface area contributed by atoms with Gasteiger partial charge in [-0.2, -0.15) is 0 Å². The summed E-state index contributed by atoms with van der Waals surface area (Å²) in [6, 6.07) is 4.73. The Balaban J connectivity index is 1.57. The lowest BCUT2D eigenvalue weighted by molar-refractivity contribution is 0.0969. The molecule has 1 amide bonds. The fraction of sp³-hybridized carbons (Fsp3) is 0.235. The van der Waals surface area contributed by atoms with Crippen LogP contribution < -0.4 is 14.8 Å². The van der Waals surface area contributed by atoms with Crippen LogP contribution >= 0.6 is 38.9 Å². The zero-order valence-corrected chi connectivity index (χ0v) is 17.8. The summed E-state index contributed by atoms with van der Waals surface area (Å²) in [6.07, 6.45) is 0.127. The van der Waals surface area contributed by atoms with Crippen molar-refractivity contribution in [2.24, 2.45) is 0 Å². The number of methoxy groups -OCH3 is 1. The van der Waals surface area contributed by atoms with Crippen LogP contribution in [0.4, 0.5) is 14.9 Å². The second-order valence-corrected chi connectivity index (χ2v) is 8.24. The number of nitrogens with zero attached hydrogens (tertiary/aromatic N) is 2. The van der Waals surface area contributed by atoms with Crippen LogP contribution in [0.3, 0.4) is 0 Å². The minimum atomic E-state index is -0.715. The number of ether oxygens (including phenoxy) is 3. The van der Waals surface area contributed by atoms with E-state index in [4.69, 9.17) is 25.8 Å². The molecular formula is C17H14BrClFN3O4S. The zero-order chi connectivity index (χ0) is 20.3. The van der Waals surface area contributed by atoms with E-state index in [0.29, 0.717) is 25.7 Å². The summed E-state index contributed by atoms with van der Waals surface area (Å²) < 4.78 is 31.2. The monoisotopic (exact) mass is 489 g/mol. The molecule has 148 valence electrons. The smallest absolute Gasteiger partial charge is 0.411 e. The van der Waals surface area contributed by atoms with Gasteiger partial charge in [0.15, 0.2) is 15.5 Å². The van der Waals surface area contributed by atoms with Crippen molar-refractivity contribution in [3.63, 3.8) is 0 Å². The van der Waals surface area contributed by atoms with E-state index in [1.807, 2.05) is 0 Å². The number of hydrogen-bond acceptors (Lipinski definition) is 7. The zero-order valence-electron chi connectivity index (χ0n) is 14.7. The topological polar surface area (TPSA) is 82.6 Å². The van der Waals surface area contributed by atoms with E-state index in [2.05, 4.69) is 31.2 Å². The lowest BCUT2D eigenvalue weighted by Gasteiger charge is -2.16. The Morgan fingerprint density at radius 3 is 2.93 bits per heavy atom. The van der Waals surface area contributed by atoms with E-state index in [0.717, 1.165) is 0 Å². The van der Waals surface area contributed by atoms with E-state index >= 15 is 0 Å². The SMILES string of the molecule is COc1ccc(NC(=O)OCC(C)Oc2cc3sc(Br)nc3c(Cl)c2F)cn1. The first-order chi connectivity index (χ1) is 13.4. The largest absolute Gasteiger partial charge is 0.484 e. The van der Waals surface area contributed by atoms with Crippen LogP contribution in [0.25, 0.3) is 10.2 Å². The van der Waals surface area contributed by atoms with Crippen molar-refractivity contribution in [3.8, 4) is 11.6 Å². The van der Waals surface area contributed by atoms with E-state index in [-0.39, 0.29) is 17.4 Å². The number of aromatic nitrogens is 2. The van der Waals surface area contributed by atoms with Crippen molar-refractivity contribution in [2.45, 2.75) is 13.0 Å². The molecule has 28 heavy (non-hydrogen) atoms. The highest BCUT2D eigenvalue weighted by Gasteiger charge is 2.19. The second-order valence-electron chi connectivity index (χ2n) is 5.56. The van der Waals surface area contributed by atoms with Gasteiger partial charge in [-0.3, -0.25) is 5.32 Å². The quantitative estimate of drug-likeness (QED) is 0.507. The number of anilines is 1. The summed E-state index contributed by atoms with van der Waals surface area (Å²) in [6.45, 7) is 1.54. The molecule has 2 heterocycles. The maximum atomic E-state index is 14.4. The lowest BCUT2D eigenvalue weighted by Crippen LogP contribution is -2.24. The molecule has 0 aliphatic carbocycles. The van der Waals surface area contributed by atoms with Gasteiger partial charge in [0.25, 0.3) is 0 Å². The highest BCUT2D eigenvalue weighted by atomic mass is 79.9. The molecule has 0 aliphatic heterocycles. The van der Waals surface area contributed by atoms with Gasteiger partial charge in [0.05, 0.1) is 23.7 Å². The first-order valence-electron chi connectivity index (χ1n) is 7.92. The van der Waals surface area contributed by atoms with Gasteiger partial charge in [-0.15, -0.1) is 11.3 Å². The number of thiazole rings is 1. The Morgan fingerprint density at radius 1 is 1.46 bits per heavy atom. The highest BCUT2D eigenvalue weighted by molar-refractivity contribution is 9.11. The summed E-state index contributed by atoms with van der Waals surface area (Å²) >= 11 is 10.6. The van der Waals surface area contributed by atoms with Crippen molar-refractivity contribution >= 4 is 60.9 Å². The van der Waals surface area contributed by atoms with Crippen LogP contribution in [-0.4, -0.2) is 35.9 Å². The van der Waals surface area contributed by atoms with Crippen molar-refractivity contribution < 1.29 is 23.4 Å². The van der Waals surface area contributed by atoms with Crippen LogP contribution in [-0.2, 0) is 4.74 Å². The molecule has 0 spiro atoms. The third kappa shape index (κ3) is 4.81. The van der Waals surface area contributed by atoms with Gasteiger partial charge in [-0.1, -0.05) is 11.6 Å². The van der Waals surface area contributed by atoms with Crippen LogP contribution in [0.15, 0.2) is 28.3 Å². The van der Waals surface area contributed by atoms with Gasteiger partial charge >= 0.3 is 6.09 Å². The third-order valence-electron chi connectivity index (χ3n) is 3.48. The summed E-state index contributed by atoms with van der Waals surface area (Å²) in [5, 5.41) is 2.40. The fourth-order valence-corrected chi connectivity index (χ4v) is 3.94. The standard InChI is InChI=1S/C17H14BrClFN3O4S/c1-8(7-26-17(24)22-9-3-4-12(25-2)21-6-9)27-10-5-11-15(13(19)14(10)20)23-16(18)28-11/h3-6,8H,7H2,1-2H3,(H,22,24). The maximum absolute atomic E-state index is 14.4. The Bertz CT molecular complexity index is 1000. The summed E-state index contributed by atoms with van der Waals surface area (Å²) in [5.74, 6) is -0.330. The van der Waals surface area contributed by atoms with Gasteiger partial charge in [0.1, 0.15) is 23.3 Å². The number of hydrogen-bond donors (Lipinski definition) is 1. The minimum Gasteiger partial charge on any atom is -0.484 e. The Morgan fingerprint density at radius 2 is 2.25 bits per heavy atom. The number of halogens is 3. The molecule has 1 aromatic carbocycles. The molecule has 1 N–H and O–H groups in total. The number of amides is 1. The fourth-order valence-electron chi connectivity index (χ4n) is 2.21. The number of rotatable bonds is 6. The lowest BCUT2D eigenvalue weighted by atomic mass is 10.3. The van der Waals surface area contributed by atoms with Crippen LogP contribution in [0.1, 0.15) is 6.92 Å². The van der Waals surface area contributed by atoms with Gasteiger partial charge < -0.3 is 14.2 Å². The molecular weight excluding hydrogens is 477 g/mol. The predicted molar refractivity (Wildman–Crippen MR) is 108 cm³/mol. The van der Waals surface area contributed by atoms with E-state index in [1.54, 1.807) is 19.1 Å². The number of carbonyl (C=O) groups is 1. The molecule has 3 aromatic rings. The normalized spacial score (nSPS) is 11.9. The Hall–Kier alpha value is -2.17. The van der Waals surface area contributed by atoms with Crippen LogP contribution in [0.2, 0.25) is 5.02 Å². The first-order valence-corrected chi connectivity index (χ1v) is 9.90. The molecule has 3 rings (SSSR count). The average Bonchev–Trinajstić information content (AvgIpc) is 3.05. The van der Waals surface area contributed by atoms with Crippen molar-refractivity contribution in [2.75, 3.05) is 19.0 Å². The molecule has 1 unspecified atom stereocenters. The molecule has 2 aromatic heterocycles. The van der Waals surface area contributed by atoms with Gasteiger partial charge in [0, 0.05) is 12.1 Å². The molecule has 0 aliphatic rings. The minimum absolute atomic E-state index is 0.0375. The average molecular weight is 491 g/mol. The van der Waals surface area contributed by atoms with Crippen LogP contribution in [0.5, 0.6) is 11.6 Å². The molecule has 0 radical (unpaired) electrons.